The average molecular weight is 411 g/mol. The topological polar surface area (TPSA) is 66.4 Å². The van der Waals surface area contributed by atoms with Gasteiger partial charge in [0.05, 0.1) is 15.7 Å². The molecule has 0 unspecified atom stereocenters. The number of benzene rings is 2. The maximum absolute atomic E-state index is 12.4. The van der Waals surface area contributed by atoms with Gasteiger partial charge in [0.25, 0.3) is 10.0 Å². The van der Waals surface area contributed by atoms with Crippen molar-refractivity contribution >= 4 is 54.8 Å². The third-order valence-corrected chi connectivity index (χ3v) is 5.45. The minimum absolute atomic E-state index is 0.00166. The first-order valence-electron chi connectivity index (χ1n) is 5.67. The van der Waals surface area contributed by atoms with Crippen LogP contribution >= 0.6 is 39.1 Å². The maximum Gasteiger partial charge on any atom is 0.264 e. The van der Waals surface area contributed by atoms with Crippen molar-refractivity contribution in [3.05, 3.63) is 50.4 Å². The van der Waals surface area contributed by atoms with Gasteiger partial charge < -0.3 is 5.11 Å². The summed E-state index contributed by atoms with van der Waals surface area (Å²) >= 11 is 15.1. The minimum Gasteiger partial charge on any atom is -0.508 e. The Labute approximate surface area is 140 Å². The molecule has 0 radical (unpaired) electrons. The average Bonchev–Trinajstić information content (AvgIpc) is 2.31. The van der Waals surface area contributed by atoms with Crippen molar-refractivity contribution in [2.24, 2.45) is 0 Å². The molecule has 21 heavy (non-hydrogen) atoms. The van der Waals surface area contributed by atoms with Gasteiger partial charge in [-0.1, -0.05) is 45.2 Å². The summed E-state index contributed by atoms with van der Waals surface area (Å²) in [4.78, 5) is -0.214. The Morgan fingerprint density at radius 3 is 2.24 bits per heavy atom. The Balaban J connectivity index is 2.46. The van der Waals surface area contributed by atoms with Crippen LogP contribution in [0.15, 0.2) is 39.7 Å². The highest BCUT2D eigenvalue weighted by molar-refractivity contribution is 9.10. The molecule has 0 spiro atoms. The number of aryl methyl sites for hydroxylation is 1. The number of sulfonamides is 1. The zero-order valence-corrected chi connectivity index (χ0v) is 14.6. The van der Waals surface area contributed by atoms with Crippen LogP contribution in [0.1, 0.15) is 5.56 Å². The van der Waals surface area contributed by atoms with Gasteiger partial charge >= 0.3 is 0 Å². The van der Waals surface area contributed by atoms with Crippen LogP contribution in [-0.4, -0.2) is 13.5 Å². The van der Waals surface area contributed by atoms with Crippen LogP contribution in [0.4, 0.5) is 5.69 Å². The molecule has 112 valence electrons. The zero-order valence-electron chi connectivity index (χ0n) is 10.7. The number of hydrogen-bond donors (Lipinski definition) is 2. The minimum atomic E-state index is -3.97. The number of phenols is 1. The maximum atomic E-state index is 12.4. The monoisotopic (exact) mass is 409 g/mol. The molecule has 0 aromatic heterocycles. The van der Waals surface area contributed by atoms with Crippen molar-refractivity contribution in [2.45, 2.75) is 11.8 Å². The Bertz CT molecular complexity index is 786. The van der Waals surface area contributed by atoms with Crippen molar-refractivity contribution in [3.8, 4) is 5.75 Å². The van der Waals surface area contributed by atoms with Gasteiger partial charge in [0.15, 0.2) is 0 Å². The highest BCUT2D eigenvalue weighted by Crippen LogP contribution is 2.34. The predicted octanol–water partition coefficient (Wildman–Crippen LogP) is 4.57. The van der Waals surface area contributed by atoms with Gasteiger partial charge in [-0.15, -0.1) is 0 Å². The lowest BCUT2D eigenvalue weighted by molar-refractivity contribution is 0.471. The summed E-state index contributed by atoms with van der Waals surface area (Å²) in [7, 11) is -3.97. The fraction of sp³-hybridized carbons (Fsp3) is 0.0769. The first-order chi connectivity index (χ1) is 9.70. The Kier molecular flexibility index (Phi) is 4.72. The molecule has 2 rings (SSSR count). The van der Waals surface area contributed by atoms with Gasteiger partial charge in [-0.05, 0) is 30.7 Å². The van der Waals surface area contributed by atoms with Crippen molar-refractivity contribution in [3.63, 3.8) is 0 Å². The van der Waals surface area contributed by atoms with Gasteiger partial charge in [0.2, 0.25) is 0 Å². The van der Waals surface area contributed by atoms with E-state index in [1.807, 2.05) is 0 Å². The number of nitrogens with one attached hydrogen (secondary N) is 1. The second-order valence-corrected chi connectivity index (χ2v) is 7.65. The molecule has 0 bridgehead atoms. The number of rotatable bonds is 3. The summed E-state index contributed by atoms with van der Waals surface area (Å²) < 4.78 is 27.7. The number of phenolic OH excluding ortho intramolecular Hbond substituents is 1. The number of anilines is 1. The molecule has 0 heterocycles. The second-order valence-electron chi connectivity index (χ2n) is 4.31. The molecule has 0 amide bonds. The third kappa shape index (κ3) is 3.63. The highest BCUT2D eigenvalue weighted by Gasteiger charge is 2.22. The third-order valence-electron chi connectivity index (χ3n) is 2.69. The van der Waals surface area contributed by atoms with E-state index in [0.717, 1.165) is 0 Å². The molecule has 2 N–H and O–H groups in total. The molecule has 4 nitrogen and oxygen atoms in total. The summed E-state index contributed by atoms with van der Waals surface area (Å²) in [6.07, 6.45) is 0. The van der Waals surface area contributed by atoms with Crippen LogP contribution in [0.3, 0.4) is 0 Å². The van der Waals surface area contributed by atoms with Crippen molar-refractivity contribution < 1.29 is 13.5 Å². The van der Waals surface area contributed by atoms with Crippen LogP contribution in [0.25, 0.3) is 0 Å². The van der Waals surface area contributed by atoms with E-state index in [1.165, 1.54) is 24.3 Å². The highest BCUT2D eigenvalue weighted by atomic mass is 79.9. The van der Waals surface area contributed by atoms with E-state index in [4.69, 9.17) is 23.2 Å². The van der Waals surface area contributed by atoms with E-state index in [2.05, 4.69) is 20.7 Å². The fourth-order valence-electron chi connectivity index (χ4n) is 1.66. The van der Waals surface area contributed by atoms with Crippen LogP contribution in [0.5, 0.6) is 5.75 Å². The molecular weight excluding hydrogens is 401 g/mol. The van der Waals surface area contributed by atoms with Gasteiger partial charge in [0, 0.05) is 10.5 Å². The first kappa shape index (κ1) is 16.4. The Morgan fingerprint density at radius 2 is 1.71 bits per heavy atom. The van der Waals surface area contributed by atoms with E-state index in [9.17, 15) is 13.5 Å². The van der Waals surface area contributed by atoms with Crippen molar-refractivity contribution in [1.82, 2.24) is 0 Å². The molecule has 0 fully saturated rings. The Morgan fingerprint density at radius 1 is 1.14 bits per heavy atom. The van der Waals surface area contributed by atoms with Gasteiger partial charge in [-0.25, -0.2) is 8.42 Å². The lowest BCUT2D eigenvalue weighted by atomic mass is 10.2. The summed E-state index contributed by atoms with van der Waals surface area (Å²) in [5.41, 5.74) is 0.853. The van der Waals surface area contributed by atoms with Gasteiger partial charge in [0.1, 0.15) is 10.6 Å². The van der Waals surface area contributed by atoms with Crippen LogP contribution in [-0.2, 0) is 10.0 Å². The smallest absolute Gasteiger partial charge is 0.264 e. The number of halogens is 3. The molecule has 0 aliphatic rings. The van der Waals surface area contributed by atoms with Crippen LogP contribution in [0, 0.1) is 6.92 Å². The van der Waals surface area contributed by atoms with E-state index in [1.54, 1.807) is 13.0 Å². The van der Waals surface area contributed by atoms with Crippen LogP contribution in [0.2, 0.25) is 10.0 Å². The summed E-state index contributed by atoms with van der Waals surface area (Å²) in [5.74, 6) is -0.0109. The normalized spacial score (nSPS) is 11.4. The van der Waals surface area contributed by atoms with Gasteiger partial charge in [-0.3, -0.25) is 4.72 Å². The molecular formula is C13H10BrCl2NO3S. The van der Waals surface area contributed by atoms with Crippen molar-refractivity contribution in [1.29, 1.82) is 0 Å². The molecule has 8 heteroatoms. The number of aromatic hydroxyl groups is 1. The Hall–Kier alpha value is -0.950. The lowest BCUT2D eigenvalue weighted by Crippen LogP contribution is -2.14. The van der Waals surface area contributed by atoms with Gasteiger partial charge in [-0.2, -0.15) is 0 Å². The number of hydrogen-bond acceptors (Lipinski definition) is 3. The molecule has 0 aliphatic carbocycles. The summed E-state index contributed by atoms with van der Waals surface area (Å²) in [6.45, 7) is 1.70. The molecule has 0 saturated carbocycles. The standard InChI is InChI=1S/C13H10BrCl2NO3S/c1-7-2-3-9(6-12(7)18)17-21(19,20)13-10(15)4-8(14)5-11(13)16/h2-6,17-18H,1H3. The zero-order chi connectivity index (χ0) is 15.8. The second kappa shape index (κ2) is 6.04. The molecule has 2 aromatic rings. The summed E-state index contributed by atoms with van der Waals surface area (Å²) in [6, 6.07) is 7.32. The lowest BCUT2D eigenvalue weighted by Gasteiger charge is -2.12. The molecule has 2 aromatic carbocycles. The molecule has 0 aliphatic heterocycles. The van der Waals surface area contributed by atoms with E-state index >= 15 is 0 Å². The van der Waals surface area contributed by atoms with E-state index < -0.39 is 10.0 Å². The quantitative estimate of drug-likeness (QED) is 0.778. The first-order valence-corrected chi connectivity index (χ1v) is 8.71. The van der Waals surface area contributed by atoms with E-state index in [0.29, 0.717) is 10.0 Å². The predicted molar refractivity (Wildman–Crippen MR) is 87.8 cm³/mol. The fourth-order valence-corrected chi connectivity index (χ4v) is 4.65. The van der Waals surface area contributed by atoms with Crippen LogP contribution < -0.4 is 4.72 Å². The molecule has 0 saturated heterocycles. The molecule has 0 atom stereocenters. The summed E-state index contributed by atoms with van der Waals surface area (Å²) in [5, 5.41) is 9.62. The SMILES string of the molecule is Cc1ccc(NS(=O)(=O)c2c(Cl)cc(Br)cc2Cl)cc1O. The van der Waals surface area contributed by atoms with E-state index in [-0.39, 0.29) is 26.4 Å². The largest absolute Gasteiger partial charge is 0.508 e. The van der Waals surface area contributed by atoms with Crippen molar-refractivity contribution in [2.75, 3.05) is 4.72 Å².